The molecule has 0 bridgehead atoms. The van der Waals surface area contributed by atoms with E-state index in [0.29, 0.717) is 0 Å². The van der Waals surface area contributed by atoms with Crippen molar-refractivity contribution in [2.24, 2.45) is 0 Å². The molecule has 0 aromatic carbocycles. The monoisotopic (exact) mass is 188 g/mol. The number of likely N-dealkylation sites (N-methyl/N-ethyl adjacent to an activating group) is 1. The molecule has 0 aromatic rings. The molecule has 80 valence electrons. The molecule has 0 aliphatic rings. The Kier molecular flexibility index (Phi) is 9.87. The summed E-state index contributed by atoms with van der Waals surface area (Å²) in [6.45, 7) is 10.3. The van der Waals surface area contributed by atoms with E-state index in [9.17, 15) is 0 Å². The van der Waals surface area contributed by atoms with Crippen molar-refractivity contribution in [2.45, 2.75) is 20.3 Å². The molecule has 0 aliphatic heterocycles. The summed E-state index contributed by atoms with van der Waals surface area (Å²) in [5.74, 6) is 0. The van der Waals surface area contributed by atoms with Gasteiger partial charge in [0.05, 0.1) is 6.61 Å². The molecule has 0 aromatic heterocycles. The highest BCUT2D eigenvalue weighted by Crippen LogP contribution is 1.79. The highest BCUT2D eigenvalue weighted by atomic mass is 16.5. The maximum Gasteiger partial charge on any atom is 0.0590 e. The number of nitrogens with zero attached hydrogens (tertiary/aromatic N) is 1. The van der Waals surface area contributed by atoms with Crippen molar-refractivity contribution in [1.29, 1.82) is 0 Å². The van der Waals surface area contributed by atoms with E-state index in [4.69, 9.17) is 4.74 Å². The van der Waals surface area contributed by atoms with E-state index in [1.807, 2.05) is 0 Å². The molecule has 0 rings (SSSR count). The second-order valence-corrected chi connectivity index (χ2v) is 3.26. The molecule has 0 radical (unpaired) electrons. The molecule has 13 heavy (non-hydrogen) atoms. The molecule has 0 saturated heterocycles. The summed E-state index contributed by atoms with van der Waals surface area (Å²) in [7, 11) is 2.13. The third-order valence-electron chi connectivity index (χ3n) is 1.98. The lowest BCUT2D eigenvalue weighted by molar-refractivity contribution is 0.136. The topological polar surface area (TPSA) is 24.5 Å². The van der Waals surface area contributed by atoms with Crippen LogP contribution in [0.15, 0.2) is 0 Å². The third kappa shape index (κ3) is 9.80. The number of hydrogen-bond acceptors (Lipinski definition) is 3. The van der Waals surface area contributed by atoms with Gasteiger partial charge in [-0.1, -0.05) is 13.8 Å². The first-order valence-corrected chi connectivity index (χ1v) is 5.28. The van der Waals surface area contributed by atoms with Crippen LogP contribution in [0.3, 0.4) is 0 Å². The average molecular weight is 188 g/mol. The van der Waals surface area contributed by atoms with Crippen LogP contribution in [0.1, 0.15) is 20.3 Å². The Balaban J connectivity index is 2.91. The van der Waals surface area contributed by atoms with Crippen LogP contribution in [-0.2, 0) is 4.74 Å². The fraction of sp³-hybridized carbons (Fsp3) is 1.00. The van der Waals surface area contributed by atoms with E-state index in [1.54, 1.807) is 0 Å². The second kappa shape index (κ2) is 9.96. The highest BCUT2D eigenvalue weighted by Gasteiger charge is 1.92. The van der Waals surface area contributed by atoms with Crippen molar-refractivity contribution >= 4 is 0 Å². The summed E-state index contributed by atoms with van der Waals surface area (Å²) < 4.78 is 5.34. The van der Waals surface area contributed by atoms with E-state index in [2.05, 4.69) is 31.1 Å². The lowest BCUT2D eigenvalue weighted by atomic mass is 10.5. The summed E-state index contributed by atoms with van der Waals surface area (Å²) in [4.78, 5) is 2.29. The normalized spacial score (nSPS) is 11.1. The van der Waals surface area contributed by atoms with Crippen LogP contribution in [0.2, 0.25) is 0 Å². The molecule has 0 saturated carbocycles. The predicted molar refractivity (Wildman–Crippen MR) is 57.2 cm³/mol. The van der Waals surface area contributed by atoms with Gasteiger partial charge in [0.1, 0.15) is 0 Å². The van der Waals surface area contributed by atoms with Crippen LogP contribution in [0.25, 0.3) is 0 Å². The zero-order chi connectivity index (χ0) is 9.94. The maximum atomic E-state index is 5.34. The number of ether oxygens (including phenoxy) is 1. The van der Waals surface area contributed by atoms with E-state index in [-0.39, 0.29) is 0 Å². The largest absolute Gasteiger partial charge is 0.380 e. The van der Waals surface area contributed by atoms with Crippen molar-refractivity contribution in [3.63, 3.8) is 0 Å². The Hall–Kier alpha value is -0.120. The zero-order valence-electron chi connectivity index (χ0n) is 9.31. The number of rotatable bonds is 9. The highest BCUT2D eigenvalue weighted by molar-refractivity contribution is 4.51. The average Bonchev–Trinajstić information content (AvgIpc) is 2.16. The Morgan fingerprint density at radius 1 is 1.15 bits per heavy atom. The molecule has 3 heteroatoms. The lowest BCUT2D eigenvalue weighted by Crippen LogP contribution is -2.30. The van der Waals surface area contributed by atoms with Gasteiger partial charge in [-0.3, -0.25) is 0 Å². The number of hydrogen-bond donors (Lipinski definition) is 1. The molecule has 3 nitrogen and oxygen atoms in total. The SMILES string of the molecule is CCCOCCNCCN(C)CC. The number of nitrogens with one attached hydrogen (secondary N) is 1. The first kappa shape index (κ1) is 12.9. The zero-order valence-corrected chi connectivity index (χ0v) is 9.31. The minimum atomic E-state index is 0.837. The Morgan fingerprint density at radius 2 is 1.92 bits per heavy atom. The molecule has 0 aliphatic carbocycles. The van der Waals surface area contributed by atoms with Gasteiger partial charge in [0, 0.05) is 26.2 Å². The predicted octanol–water partition coefficient (Wildman–Crippen LogP) is 0.954. The van der Waals surface area contributed by atoms with Crippen LogP contribution in [0.5, 0.6) is 0 Å². The van der Waals surface area contributed by atoms with Gasteiger partial charge in [0.15, 0.2) is 0 Å². The molecule has 1 N–H and O–H groups in total. The summed E-state index contributed by atoms with van der Waals surface area (Å²) in [6, 6.07) is 0. The molecule has 0 atom stereocenters. The minimum Gasteiger partial charge on any atom is -0.380 e. The van der Waals surface area contributed by atoms with Gasteiger partial charge in [-0.2, -0.15) is 0 Å². The third-order valence-corrected chi connectivity index (χ3v) is 1.98. The molecule has 0 unspecified atom stereocenters. The smallest absolute Gasteiger partial charge is 0.0590 e. The van der Waals surface area contributed by atoms with Gasteiger partial charge in [-0.15, -0.1) is 0 Å². The van der Waals surface area contributed by atoms with Crippen LogP contribution in [0, 0.1) is 0 Å². The Morgan fingerprint density at radius 3 is 2.54 bits per heavy atom. The summed E-state index contributed by atoms with van der Waals surface area (Å²) >= 11 is 0. The van der Waals surface area contributed by atoms with Crippen molar-refractivity contribution in [2.75, 3.05) is 46.4 Å². The van der Waals surface area contributed by atoms with Crippen molar-refractivity contribution < 1.29 is 4.74 Å². The first-order valence-electron chi connectivity index (χ1n) is 5.28. The summed E-state index contributed by atoms with van der Waals surface area (Å²) in [5, 5.41) is 3.34. The fourth-order valence-corrected chi connectivity index (χ4v) is 0.944. The van der Waals surface area contributed by atoms with Crippen molar-refractivity contribution in [3.8, 4) is 0 Å². The molecule has 0 fully saturated rings. The van der Waals surface area contributed by atoms with Gasteiger partial charge in [0.25, 0.3) is 0 Å². The molecular weight excluding hydrogens is 164 g/mol. The minimum absolute atomic E-state index is 0.837. The van der Waals surface area contributed by atoms with Crippen LogP contribution >= 0.6 is 0 Å². The molecule has 0 spiro atoms. The summed E-state index contributed by atoms with van der Waals surface area (Å²) in [5.41, 5.74) is 0. The quantitative estimate of drug-likeness (QED) is 0.545. The van der Waals surface area contributed by atoms with E-state index in [1.165, 1.54) is 0 Å². The molecule has 0 amide bonds. The van der Waals surface area contributed by atoms with Gasteiger partial charge in [-0.25, -0.2) is 0 Å². The standard InChI is InChI=1S/C10H24N2O/c1-4-9-13-10-7-11-6-8-12(3)5-2/h11H,4-10H2,1-3H3. The van der Waals surface area contributed by atoms with Gasteiger partial charge in [0.2, 0.25) is 0 Å². The van der Waals surface area contributed by atoms with E-state index < -0.39 is 0 Å². The van der Waals surface area contributed by atoms with Crippen molar-refractivity contribution in [3.05, 3.63) is 0 Å². The molecule has 0 heterocycles. The second-order valence-electron chi connectivity index (χ2n) is 3.26. The molecular formula is C10H24N2O. The van der Waals surface area contributed by atoms with Crippen LogP contribution in [0.4, 0.5) is 0 Å². The van der Waals surface area contributed by atoms with Crippen molar-refractivity contribution in [1.82, 2.24) is 10.2 Å². The Bertz CT molecular complexity index is 98.9. The first-order chi connectivity index (χ1) is 6.31. The summed E-state index contributed by atoms with van der Waals surface area (Å²) in [6.07, 6.45) is 1.11. The van der Waals surface area contributed by atoms with Crippen LogP contribution in [-0.4, -0.2) is 51.3 Å². The van der Waals surface area contributed by atoms with Gasteiger partial charge in [-0.05, 0) is 20.0 Å². The van der Waals surface area contributed by atoms with E-state index in [0.717, 1.165) is 45.8 Å². The van der Waals surface area contributed by atoms with Gasteiger partial charge < -0.3 is 15.0 Å². The van der Waals surface area contributed by atoms with E-state index >= 15 is 0 Å². The van der Waals surface area contributed by atoms with Crippen LogP contribution < -0.4 is 5.32 Å². The lowest BCUT2D eigenvalue weighted by Gasteiger charge is -2.13. The van der Waals surface area contributed by atoms with Gasteiger partial charge >= 0.3 is 0 Å². The fourth-order valence-electron chi connectivity index (χ4n) is 0.944. The Labute approximate surface area is 82.4 Å². The maximum absolute atomic E-state index is 5.34.